The second kappa shape index (κ2) is 6.59. The zero-order valence-electron chi connectivity index (χ0n) is 10.4. The van der Waals surface area contributed by atoms with Crippen LogP contribution in [0.1, 0.15) is 45.4 Å². The van der Waals surface area contributed by atoms with Crippen molar-refractivity contribution in [2.24, 2.45) is 0 Å². The van der Waals surface area contributed by atoms with Crippen LogP contribution in [0, 0.1) is 0 Å². The molecule has 1 rings (SSSR count). The first-order valence-corrected chi connectivity index (χ1v) is 6.36. The van der Waals surface area contributed by atoms with Gasteiger partial charge in [0.25, 0.3) is 0 Å². The van der Waals surface area contributed by atoms with E-state index in [0.717, 1.165) is 32.2 Å². The Morgan fingerprint density at radius 1 is 1.47 bits per heavy atom. The highest BCUT2D eigenvalue weighted by molar-refractivity contribution is 5.86. The van der Waals surface area contributed by atoms with E-state index in [1.807, 2.05) is 0 Å². The minimum Gasteiger partial charge on any atom is -0.481 e. The SMILES string of the molecule is CCCC1(C(=O)NCCCC(=O)O)CCCN1. The minimum absolute atomic E-state index is 0.0299. The van der Waals surface area contributed by atoms with E-state index in [2.05, 4.69) is 17.6 Å². The highest BCUT2D eigenvalue weighted by Crippen LogP contribution is 2.24. The molecule has 1 unspecified atom stereocenters. The second-order valence-corrected chi connectivity index (χ2v) is 4.62. The zero-order chi connectivity index (χ0) is 12.7. The third-order valence-corrected chi connectivity index (χ3v) is 3.21. The summed E-state index contributed by atoms with van der Waals surface area (Å²) in [4.78, 5) is 22.4. The molecule has 0 radical (unpaired) electrons. The zero-order valence-corrected chi connectivity index (χ0v) is 10.4. The van der Waals surface area contributed by atoms with E-state index in [9.17, 15) is 9.59 Å². The topological polar surface area (TPSA) is 78.4 Å². The van der Waals surface area contributed by atoms with Crippen molar-refractivity contribution in [3.8, 4) is 0 Å². The van der Waals surface area contributed by atoms with Gasteiger partial charge in [-0.1, -0.05) is 13.3 Å². The molecule has 5 nitrogen and oxygen atoms in total. The Kier molecular flexibility index (Phi) is 5.41. The molecular weight excluding hydrogens is 220 g/mol. The van der Waals surface area contributed by atoms with Gasteiger partial charge in [-0.3, -0.25) is 9.59 Å². The fourth-order valence-electron chi connectivity index (χ4n) is 2.36. The highest BCUT2D eigenvalue weighted by atomic mass is 16.4. The molecule has 0 aromatic carbocycles. The summed E-state index contributed by atoms with van der Waals surface area (Å²) in [5.41, 5.74) is -0.405. The summed E-state index contributed by atoms with van der Waals surface area (Å²) in [6.07, 6.45) is 4.32. The Hall–Kier alpha value is -1.10. The number of amides is 1. The minimum atomic E-state index is -0.818. The molecule has 98 valence electrons. The first kappa shape index (κ1) is 14.0. The maximum Gasteiger partial charge on any atom is 0.303 e. The van der Waals surface area contributed by atoms with E-state index >= 15 is 0 Å². The molecule has 0 saturated carbocycles. The van der Waals surface area contributed by atoms with Gasteiger partial charge < -0.3 is 15.7 Å². The smallest absolute Gasteiger partial charge is 0.303 e. The Bertz CT molecular complexity index is 273. The first-order chi connectivity index (χ1) is 8.10. The first-order valence-electron chi connectivity index (χ1n) is 6.36. The van der Waals surface area contributed by atoms with E-state index in [0.29, 0.717) is 13.0 Å². The summed E-state index contributed by atoms with van der Waals surface area (Å²) >= 11 is 0. The monoisotopic (exact) mass is 242 g/mol. The van der Waals surface area contributed by atoms with E-state index in [4.69, 9.17) is 5.11 Å². The van der Waals surface area contributed by atoms with Gasteiger partial charge in [-0.05, 0) is 32.2 Å². The van der Waals surface area contributed by atoms with Crippen molar-refractivity contribution in [3.05, 3.63) is 0 Å². The van der Waals surface area contributed by atoms with E-state index in [1.165, 1.54) is 0 Å². The fourth-order valence-corrected chi connectivity index (χ4v) is 2.36. The van der Waals surface area contributed by atoms with Crippen LogP contribution in [0.2, 0.25) is 0 Å². The molecule has 1 aliphatic rings. The van der Waals surface area contributed by atoms with Crippen molar-refractivity contribution in [3.63, 3.8) is 0 Å². The van der Waals surface area contributed by atoms with Crippen molar-refractivity contribution in [1.29, 1.82) is 0 Å². The molecule has 1 amide bonds. The maximum atomic E-state index is 12.1. The van der Waals surface area contributed by atoms with Gasteiger partial charge in [-0.15, -0.1) is 0 Å². The van der Waals surface area contributed by atoms with Crippen LogP contribution < -0.4 is 10.6 Å². The molecule has 0 aliphatic carbocycles. The molecule has 0 aromatic heterocycles. The lowest BCUT2D eigenvalue weighted by atomic mass is 9.91. The summed E-state index contributed by atoms with van der Waals surface area (Å²) < 4.78 is 0. The van der Waals surface area contributed by atoms with Crippen LogP contribution in [-0.4, -0.2) is 35.6 Å². The van der Waals surface area contributed by atoms with Crippen molar-refractivity contribution in [1.82, 2.24) is 10.6 Å². The van der Waals surface area contributed by atoms with Crippen LogP contribution in [-0.2, 0) is 9.59 Å². The lowest BCUT2D eigenvalue weighted by Crippen LogP contribution is -2.53. The molecule has 0 aromatic rings. The Balaban J connectivity index is 2.35. The predicted octanol–water partition coefficient (Wildman–Crippen LogP) is 0.890. The number of nitrogens with one attached hydrogen (secondary N) is 2. The molecule has 17 heavy (non-hydrogen) atoms. The van der Waals surface area contributed by atoms with Crippen LogP contribution in [0.3, 0.4) is 0 Å². The second-order valence-electron chi connectivity index (χ2n) is 4.62. The Morgan fingerprint density at radius 3 is 2.76 bits per heavy atom. The molecular formula is C12H22N2O3. The standard InChI is InChI=1S/C12H22N2O3/c1-2-6-12(7-4-9-14-12)11(17)13-8-3-5-10(15)16/h14H,2-9H2,1H3,(H,13,17)(H,15,16). The molecule has 0 spiro atoms. The van der Waals surface area contributed by atoms with Gasteiger partial charge in [0.15, 0.2) is 0 Å². The molecule has 1 heterocycles. The largest absolute Gasteiger partial charge is 0.481 e. The summed E-state index contributed by atoms with van der Waals surface area (Å²) in [6.45, 7) is 3.40. The third kappa shape index (κ3) is 4.00. The molecule has 1 saturated heterocycles. The third-order valence-electron chi connectivity index (χ3n) is 3.21. The quantitative estimate of drug-likeness (QED) is 0.579. The summed E-state index contributed by atoms with van der Waals surface area (Å²) in [6, 6.07) is 0. The maximum absolute atomic E-state index is 12.1. The molecule has 1 aliphatic heterocycles. The van der Waals surface area contributed by atoms with Crippen molar-refractivity contribution in [2.75, 3.05) is 13.1 Å². The number of carbonyl (C=O) groups is 2. The van der Waals surface area contributed by atoms with E-state index in [1.54, 1.807) is 0 Å². The van der Waals surface area contributed by atoms with Crippen LogP contribution in [0.15, 0.2) is 0 Å². The van der Waals surface area contributed by atoms with Gasteiger partial charge in [0, 0.05) is 13.0 Å². The molecule has 1 fully saturated rings. The lowest BCUT2D eigenvalue weighted by Gasteiger charge is -2.27. The van der Waals surface area contributed by atoms with Gasteiger partial charge in [0.05, 0.1) is 5.54 Å². The molecule has 3 N–H and O–H groups in total. The van der Waals surface area contributed by atoms with Crippen molar-refractivity contribution in [2.45, 2.75) is 51.0 Å². The van der Waals surface area contributed by atoms with Gasteiger partial charge in [-0.25, -0.2) is 0 Å². The number of carbonyl (C=O) groups excluding carboxylic acids is 1. The number of rotatable bonds is 7. The average molecular weight is 242 g/mol. The summed E-state index contributed by atoms with van der Waals surface area (Å²) in [5, 5.41) is 14.6. The van der Waals surface area contributed by atoms with Crippen LogP contribution in [0.5, 0.6) is 0 Å². The van der Waals surface area contributed by atoms with Gasteiger partial charge in [0.2, 0.25) is 5.91 Å². The van der Waals surface area contributed by atoms with Gasteiger partial charge in [0.1, 0.15) is 0 Å². The van der Waals surface area contributed by atoms with Crippen LogP contribution in [0.4, 0.5) is 0 Å². The lowest BCUT2D eigenvalue weighted by molar-refractivity contribution is -0.137. The number of hydrogen-bond donors (Lipinski definition) is 3. The fraction of sp³-hybridized carbons (Fsp3) is 0.833. The highest BCUT2D eigenvalue weighted by Gasteiger charge is 2.39. The van der Waals surface area contributed by atoms with E-state index in [-0.39, 0.29) is 12.3 Å². The van der Waals surface area contributed by atoms with Crippen LogP contribution >= 0.6 is 0 Å². The van der Waals surface area contributed by atoms with Crippen molar-refractivity contribution >= 4 is 11.9 Å². The van der Waals surface area contributed by atoms with E-state index < -0.39 is 11.5 Å². The summed E-state index contributed by atoms with van der Waals surface area (Å²) in [5.74, 6) is -0.788. The molecule has 1 atom stereocenters. The Labute approximate surface area is 102 Å². The number of carboxylic acids is 1. The number of hydrogen-bond acceptors (Lipinski definition) is 3. The number of carboxylic acid groups (broad SMARTS) is 1. The number of aliphatic carboxylic acids is 1. The van der Waals surface area contributed by atoms with Gasteiger partial charge >= 0.3 is 5.97 Å². The molecule has 0 bridgehead atoms. The summed E-state index contributed by atoms with van der Waals surface area (Å²) in [7, 11) is 0. The van der Waals surface area contributed by atoms with Crippen molar-refractivity contribution < 1.29 is 14.7 Å². The normalized spacial score (nSPS) is 23.6. The van der Waals surface area contributed by atoms with Crippen LogP contribution in [0.25, 0.3) is 0 Å². The van der Waals surface area contributed by atoms with Gasteiger partial charge in [-0.2, -0.15) is 0 Å². The average Bonchev–Trinajstić information content (AvgIpc) is 2.74. The Morgan fingerprint density at radius 2 is 2.24 bits per heavy atom. The molecule has 5 heteroatoms. The predicted molar refractivity (Wildman–Crippen MR) is 64.8 cm³/mol.